The van der Waals surface area contributed by atoms with E-state index >= 15 is 0 Å². The van der Waals surface area contributed by atoms with E-state index in [0.29, 0.717) is 17.5 Å². The molecule has 1 aromatic carbocycles. The second-order valence-corrected chi connectivity index (χ2v) is 9.49. The maximum Gasteiger partial charge on any atom is 0.329 e. The molecule has 0 spiro atoms. The maximum atomic E-state index is 14.2. The Kier molecular flexibility index (Phi) is 6.82. The summed E-state index contributed by atoms with van der Waals surface area (Å²) in [5, 5.41) is 6.31. The molecule has 1 aliphatic heterocycles. The number of benzene rings is 1. The van der Waals surface area contributed by atoms with Crippen molar-refractivity contribution in [1.29, 1.82) is 0 Å². The molecule has 2 N–H and O–H groups in total. The lowest BCUT2D eigenvalue weighted by molar-refractivity contribution is -0.159. The van der Waals surface area contributed by atoms with Gasteiger partial charge < -0.3 is 20.1 Å². The highest BCUT2D eigenvalue weighted by Gasteiger charge is 2.49. The molecular formula is C23H33FN2O4. The van der Waals surface area contributed by atoms with E-state index in [2.05, 4.69) is 10.6 Å². The van der Waals surface area contributed by atoms with Crippen molar-refractivity contribution in [2.24, 2.45) is 11.8 Å². The summed E-state index contributed by atoms with van der Waals surface area (Å²) in [4.78, 5) is 25.8. The molecule has 1 saturated heterocycles. The molecule has 1 amide bonds. The summed E-state index contributed by atoms with van der Waals surface area (Å²) in [6.07, 6.45) is 1.90. The smallest absolute Gasteiger partial charge is 0.329 e. The Morgan fingerprint density at radius 2 is 1.97 bits per heavy atom. The van der Waals surface area contributed by atoms with E-state index in [9.17, 15) is 14.0 Å². The fourth-order valence-electron chi connectivity index (χ4n) is 4.23. The largest absolute Gasteiger partial charge is 0.458 e. The number of piperidine rings is 1. The number of hydrogen-bond acceptors (Lipinski definition) is 5. The number of halogens is 1. The van der Waals surface area contributed by atoms with Gasteiger partial charge in [-0.1, -0.05) is 25.1 Å². The van der Waals surface area contributed by atoms with Crippen molar-refractivity contribution >= 4 is 11.9 Å². The Balaban J connectivity index is 1.70. The van der Waals surface area contributed by atoms with E-state index in [-0.39, 0.29) is 24.5 Å². The predicted octanol–water partition coefficient (Wildman–Crippen LogP) is 2.60. The number of rotatable bonds is 8. The van der Waals surface area contributed by atoms with Gasteiger partial charge in [-0.05, 0) is 51.2 Å². The van der Waals surface area contributed by atoms with Crippen molar-refractivity contribution in [3.63, 3.8) is 0 Å². The van der Waals surface area contributed by atoms with E-state index in [1.165, 1.54) is 12.5 Å². The van der Waals surface area contributed by atoms with Gasteiger partial charge in [0.1, 0.15) is 17.5 Å². The van der Waals surface area contributed by atoms with E-state index < -0.39 is 29.3 Å². The van der Waals surface area contributed by atoms with Crippen LogP contribution in [0.2, 0.25) is 0 Å². The average Bonchev–Trinajstić information content (AvgIpc) is 3.27. The molecule has 1 heterocycles. The Bertz CT molecular complexity index is 769. The van der Waals surface area contributed by atoms with Gasteiger partial charge in [0, 0.05) is 25.6 Å². The van der Waals surface area contributed by atoms with Crippen molar-refractivity contribution in [1.82, 2.24) is 10.6 Å². The molecule has 1 saturated carbocycles. The van der Waals surface area contributed by atoms with E-state index in [1.54, 1.807) is 53.0 Å². The van der Waals surface area contributed by atoms with Gasteiger partial charge in [-0.2, -0.15) is 0 Å². The molecule has 1 aromatic rings. The minimum Gasteiger partial charge on any atom is -0.458 e. The standard InChI is InChI=1S/C23H33FN2O4/c1-13(20(29-5)18-12-15-11-17(15)25-18)21(27)26-19(22(28)30-23(2,3)4)10-14-8-6-7-9-16(14)24/h6-9,13,15,17-20,25H,10-12H2,1-5H3,(H,26,27)/t13-,15+,17+,18+,19?,20-/m1/s1. The summed E-state index contributed by atoms with van der Waals surface area (Å²) in [5.74, 6) is -1.11. The average molecular weight is 421 g/mol. The molecule has 166 valence electrons. The fraction of sp³-hybridized carbons (Fsp3) is 0.652. The first-order valence-corrected chi connectivity index (χ1v) is 10.6. The number of fused-ring (bicyclic) bond motifs is 1. The number of methoxy groups -OCH3 is 1. The summed E-state index contributed by atoms with van der Waals surface area (Å²) in [5.41, 5.74) is -0.368. The third kappa shape index (κ3) is 5.58. The molecule has 6 atom stereocenters. The second kappa shape index (κ2) is 9.02. The second-order valence-electron chi connectivity index (χ2n) is 9.49. The summed E-state index contributed by atoms with van der Waals surface area (Å²) < 4.78 is 25.3. The highest BCUT2D eigenvalue weighted by atomic mass is 19.1. The first kappa shape index (κ1) is 22.7. The number of nitrogens with one attached hydrogen (secondary N) is 2. The Morgan fingerprint density at radius 3 is 2.53 bits per heavy atom. The summed E-state index contributed by atoms with van der Waals surface area (Å²) in [7, 11) is 1.60. The zero-order valence-electron chi connectivity index (χ0n) is 18.4. The van der Waals surface area contributed by atoms with Crippen LogP contribution in [0.5, 0.6) is 0 Å². The van der Waals surface area contributed by atoms with Gasteiger partial charge in [-0.25, -0.2) is 9.18 Å². The van der Waals surface area contributed by atoms with Crippen molar-refractivity contribution in [2.75, 3.05) is 7.11 Å². The molecule has 1 aliphatic carbocycles. The van der Waals surface area contributed by atoms with Crippen molar-refractivity contribution in [3.05, 3.63) is 35.6 Å². The number of carbonyl (C=O) groups is 2. The Morgan fingerprint density at radius 1 is 1.27 bits per heavy atom. The Hall–Kier alpha value is -1.99. The van der Waals surface area contributed by atoms with Gasteiger partial charge in [0.2, 0.25) is 5.91 Å². The zero-order valence-corrected chi connectivity index (χ0v) is 18.4. The summed E-state index contributed by atoms with van der Waals surface area (Å²) in [6, 6.07) is 5.90. The topological polar surface area (TPSA) is 76.7 Å². The Labute approximate surface area is 177 Å². The number of esters is 1. The molecule has 2 aliphatic rings. The first-order valence-electron chi connectivity index (χ1n) is 10.6. The lowest BCUT2D eigenvalue weighted by Gasteiger charge is -2.30. The van der Waals surface area contributed by atoms with Crippen molar-refractivity contribution in [2.45, 2.75) is 76.8 Å². The maximum absolute atomic E-state index is 14.2. The number of ether oxygens (including phenoxy) is 2. The van der Waals surface area contributed by atoms with Gasteiger partial charge in [-0.3, -0.25) is 4.79 Å². The molecule has 0 aromatic heterocycles. The lowest BCUT2D eigenvalue weighted by Crippen LogP contribution is -2.52. The third-order valence-electron chi connectivity index (χ3n) is 5.87. The van der Waals surface area contributed by atoms with Crippen LogP contribution >= 0.6 is 0 Å². The van der Waals surface area contributed by atoms with Gasteiger partial charge in [0.05, 0.1) is 12.0 Å². The molecule has 2 fully saturated rings. The van der Waals surface area contributed by atoms with Gasteiger partial charge in [-0.15, -0.1) is 0 Å². The number of carbonyl (C=O) groups excluding carboxylic acids is 2. The molecule has 6 nitrogen and oxygen atoms in total. The zero-order chi connectivity index (χ0) is 22.1. The number of hydrogen-bond donors (Lipinski definition) is 2. The van der Waals surface area contributed by atoms with E-state index in [1.807, 2.05) is 0 Å². The van der Waals surface area contributed by atoms with Crippen molar-refractivity contribution < 1.29 is 23.5 Å². The van der Waals surface area contributed by atoms with E-state index in [4.69, 9.17) is 9.47 Å². The van der Waals surface area contributed by atoms with Crippen LogP contribution in [0.4, 0.5) is 4.39 Å². The summed E-state index contributed by atoms with van der Waals surface area (Å²) in [6.45, 7) is 7.07. The van der Waals surface area contributed by atoms with Crippen LogP contribution in [0, 0.1) is 17.7 Å². The van der Waals surface area contributed by atoms with Crippen molar-refractivity contribution in [3.8, 4) is 0 Å². The quantitative estimate of drug-likeness (QED) is 0.633. The fourth-order valence-corrected chi connectivity index (χ4v) is 4.23. The highest BCUT2D eigenvalue weighted by molar-refractivity contribution is 5.86. The monoisotopic (exact) mass is 420 g/mol. The molecule has 7 heteroatoms. The normalized spacial score (nSPS) is 25.7. The molecule has 0 radical (unpaired) electrons. The summed E-state index contributed by atoms with van der Waals surface area (Å²) >= 11 is 0. The minimum atomic E-state index is -0.987. The molecule has 30 heavy (non-hydrogen) atoms. The number of amides is 1. The van der Waals surface area contributed by atoms with Gasteiger partial charge >= 0.3 is 5.97 Å². The van der Waals surface area contributed by atoms with Gasteiger partial charge in [0.15, 0.2) is 0 Å². The molecule has 3 rings (SSSR count). The van der Waals surface area contributed by atoms with Crippen LogP contribution < -0.4 is 10.6 Å². The molecule has 1 unspecified atom stereocenters. The van der Waals surface area contributed by atoms with Crippen LogP contribution in [-0.4, -0.2) is 48.8 Å². The van der Waals surface area contributed by atoms with E-state index in [0.717, 1.165) is 6.42 Å². The highest BCUT2D eigenvalue weighted by Crippen LogP contribution is 2.42. The molecule has 0 bridgehead atoms. The van der Waals surface area contributed by atoms with Crippen LogP contribution in [-0.2, 0) is 25.5 Å². The van der Waals surface area contributed by atoms with Crippen LogP contribution in [0.1, 0.15) is 46.1 Å². The lowest BCUT2D eigenvalue weighted by atomic mass is 9.94. The SMILES string of the molecule is CO[C@@H]([C@@H]1C[C@@H]2C[C@@H]2N1)[C@@H](C)C(=O)NC(Cc1ccccc1F)C(=O)OC(C)(C)C. The molecular weight excluding hydrogens is 387 g/mol. The van der Waals surface area contributed by atoms with Crippen LogP contribution in [0.3, 0.4) is 0 Å². The van der Waals surface area contributed by atoms with Crippen LogP contribution in [0.15, 0.2) is 24.3 Å². The third-order valence-corrected chi connectivity index (χ3v) is 5.87. The minimum absolute atomic E-state index is 0.0174. The predicted molar refractivity (Wildman–Crippen MR) is 111 cm³/mol. The first-order chi connectivity index (χ1) is 14.1. The van der Waals surface area contributed by atoms with Crippen LogP contribution in [0.25, 0.3) is 0 Å². The van der Waals surface area contributed by atoms with Gasteiger partial charge in [0.25, 0.3) is 0 Å².